The number of piperidine rings is 1. The average molecular weight is 382 g/mol. The molecule has 0 aromatic heterocycles. The van der Waals surface area contributed by atoms with E-state index in [1.165, 1.54) is 6.07 Å². The van der Waals surface area contributed by atoms with Gasteiger partial charge in [0.05, 0.1) is 17.9 Å². The van der Waals surface area contributed by atoms with Crippen molar-refractivity contribution in [3.63, 3.8) is 0 Å². The van der Waals surface area contributed by atoms with Gasteiger partial charge in [0.1, 0.15) is 5.82 Å². The quantitative estimate of drug-likeness (QED) is 0.839. The van der Waals surface area contributed by atoms with Crippen molar-refractivity contribution in [2.24, 2.45) is 5.92 Å². The summed E-state index contributed by atoms with van der Waals surface area (Å²) in [6.45, 7) is 0.905. The Kier molecular flexibility index (Phi) is 5.60. The summed E-state index contributed by atoms with van der Waals surface area (Å²) < 4.78 is 36.6. The smallest absolute Gasteiger partial charge is 0.227 e. The lowest BCUT2D eigenvalue weighted by Crippen LogP contribution is -2.46. The van der Waals surface area contributed by atoms with Gasteiger partial charge < -0.3 is 10.2 Å². The van der Waals surface area contributed by atoms with Gasteiger partial charge in [0.2, 0.25) is 11.8 Å². The molecule has 2 fully saturated rings. The molecule has 6 nitrogen and oxygen atoms in total. The number of amides is 2. The minimum absolute atomic E-state index is 0.0126. The Bertz CT molecular complexity index is 788. The largest absolute Gasteiger partial charge is 0.352 e. The molecule has 0 bridgehead atoms. The van der Waals surface area contributed by atoms with Gasteiger partial charge in [0, 0.05) is 25.0 Å². The Morgan fingerprint density at radius 1 is 1.15 bits per heavy atom. The molecule has 1 unspecified atom stereocenters. The standard InChI is InChI=1S/C18H23FN2O4S/c19-16-4-2-1-3-14(16)11-17(22)21-8-5-13(6-9-21)18(23)20-15-7-10-26(24,25)12-15/h1-4,13,15H,5-12H2,(H,20,23). The van der Waals surface area contributed by atoms with E-state index >= 15 is 0 Å². The summed E-state index contributed by atoms with van der Waals surface area (Å²) in [7, 11) is -3.02. The van der Waals surface area contributed by atoms with Gasteiger partial charge >= 0.3 is 0 Å². The van der Waals surface area contributed by atoms with Gasteiger partial charge in [-0.3, -0.25) is 9.59 Å². The third-order valence-electron chi connectivity index (χ3n) is 5.10. The normalized spacial score (nSPS) is 23.0. The Morgan fingerprint density at radius 3 is 2.46 bits per heavy atom. The van der Waals surface area contributed by atoms with Crippen LogP contribution in [0.4, 0.5) is 4.39 Å². The average Bonchev–Trinajstić information content (AvgIpc) is 2.95. The van der Waals surface area contributed by atoms with Crippen LogP contribution in [-0.2, 0) is 25.8 Å². The van der Waals surface area contributed by atoms with Gasteiger partial charge in [-0.15, -0.1) is 0 Å². The molecular formula is C18H23FN2O4S. The van der Waals surface area contributed by atoms with Crippen LogP contribution in [0.5, 0.6) is 0 Å². The molecule has 1 N–H and O–H groups in total. The zero-order chi connectivity index (χ0) is 18.7. The fourth-order valence-corrected chi connectivity index (χ4v) is 5.21. The topological polar surface area (TPSA) is 83.6 Å². The van der Waals surface area contributed by atoms with Gasteiger partial charge in [-0.05, 0) is 30.9 Å². The number of carbonyl (C=O) groups excluding carboxylic acids is 2. The number of likely N-dealkylation sites (tertiary alicyclic amines) is 1. The van der Waals surface area contributed by atoms with Crippen LogP contribution >= 0.6 is 0 Å². The summed E-state index contributed by atoms with van der Waals surface area (Å²) in [5.74, 6) is -0.735. The minimum Gasteiger partial charge on any atom is -0.352 e. The molecule has 142 valence electrons. The number of rotatable bonds is 4. The van der Waals surface area contributed by atoms with Gasteiger partial charge in [0.15, 0.2) is 9.84 Å². The second-order valence-electron chi connectivity index (χ2n) is 7.03. The maximum Gasteiger partial charge on any atom is 0.227 e. The molecule has 26 heavy (non-hydrogen) atoms. The van der Waals surface area contributed by atoms with Crippen LogP contribution in [0.3, 0.4) is 0 Å². The minimum atomic E-state index is -3.02. The first-order chi connectivity index (χ1) is 12.3. The number of sulfone groups is 1. The first-order valence-corrected chi connectivity index (χ1v) is 10.7. The van der Waals surface area contributed by atoms with Crippen molar-refractivity contribution < 1.29 is 22.4 Å². The van der Waals surface area contributed by atoms with Crippen molar-refractivity contribution in [3.8, 4) is 0 Å². The van der Waals surface area contributed by atoms with Crippen molar-refractivity contribution in [2.45, 2.75) is 31.7 Å². The van der Waals surface area contributed by atoms with E-state index < -0.39 is 9.84 Å². The van der Waals surface area contributed by atoms with E-state index in [-0.39, 0.29) is 47.5 Å². The lowest BCUT2D eigenvalue weighted by atomic mass is 9.95. The predicted molar refractivity (Wildman–Crippen MR) is 94.6 cm³/mol. The molecule has 1 aromatic rings. The highest BCUT2D eigenvalue weighted by atomic mass is 32.2. The lowest BCUT2D eigenvalue weighted by Gasteiger charge is -2.32. The fraction of sp³-hybridized carbons (Fsp3) is 0.556. The third kappa shape index (κ3) is 4.60. The maximum atomic E-state index is 13.7. The molecule has 3 rings (SSSR count). The SMILES string of the molecule is O=C(NC1CCS(=O)(=O)C1)C1CCN(C(=O)Cc2ccccc2F)CC1. The molecule has 2 aliphatic rings. The highest BCUT2D eigenvalue weighted by Gasteiger charge is 2.32. The second-order valence-corrected chi connectivity index (χ2v) is 9.26. The van der Waals surface area contributed by atoms with Crippen LogP contribution in [-0.4, -0.2) is 55.8 Å². The molecule has 1 aromatic carbocycles. The van der Waals surface area contributed by atoms with Crippen LogP contribution in [0.1, 0.15) is 24.8 Å². The zero-order valence-corrected chi connectivity index (χ0v) is 15.3. The summed E-state index contributed by atoms with van der Waals surface area (Å²) in [6.07, 6.45) is 1.56. The number of carbonyl (C=O) groups is 2. The Hall–Kier alpha value is -1.96. The molecule has 0 spiro atoms. The lowest BCUT2D eigenvalue weighted by molar-refractivity contribution is -0.135. The first-order valence-electron chi connectivity index (χ1n) is 8.86. The number of nitrogens with one attached hydrogen (secondary N) is 1. The summed E-state index contributed by atoms with van der Waals surface area (Å²) in [5, 5.41) is 2.82. The zero-order valence-electron chi connectivity index (χ0n) is 14.5. The van der Waals surface area contributed by atoms with Crippen LogP contribution < -0.4 is 5.32 Å². The van der Waals surface area contributed by atoms with Crippen LogP contribution in [0.2, 0.25) is 0 Å². The van der Waals surface area contributed by atoms with E-state index in [1.54, 1.807) is 23.1 Å². The summed E-state index contributed by atoms with van der Waals surface area (Å²) in [5.41, 5.74) is 0.375. The molecule has 2 heterocycles. The third-order valence-corrected chi connectivity index (χ3v) is 6.86. The number of nitrogens with zero attached hydrogens (tertiary/aromatic N) is 1. The number of hydrogen-bond acceptors (Lipinski definition) is 4. The van der Waals surface area contributed by atoms with Gasteiger partial charge in [0.25, 0.3) is 0 Å². The predicted octanol–water partition coefficient (Wildman–Crippen LogP) is 0.910. The fourth-order valence-electron chi connectivity index (χ4n) is 3.54. The molecule has 1 atom stereocenters. The van der Waals surface area contributed by atoms with E-state index in [0.717, 1.165) is 0 Å². The molecule has 2 saturated heterocycles. The molecule has 0 saturated carbocycles. The molecule has 0 radical (unpaired) electrons. The molecular weight excluding hydrogens is 359 g/mol. The second kappa shape index (κ2) is 7.73. The summed E-state index contributed by atoms with van der Waals surface area (Å²) in [4.78, 5) is 26.3. The van der Waals surface area contributed by atoms with Crippen molar-refractivity contribution in [2.75, 3.05) is 24.6 Å². The number of benzene rings is 1. The number of hydrogen-bond donors (Lipinski definition) is 1. The van der Waals surface area contributed by atoms with Crippen molar-refractivity contribution in [3.05, 3.63) is 35.6 Å². The van der Waals surface area contributed by atoms with Gasteiger partial charge in [-0.2, -0.15) is 0 Å². The Morgan fingerprint density at radius 2 is 1.85 bits per heavy atom. The van der Waals surface area contributed by atoms with E-state index in [2.05, 4.69) is 5.32 Å². The van der Waals surface area contributed by atoms with E-state index in [0.29, 0.717) is 37.9 Å². The first kappa shape index (κ1) is 18.8. The van der Waals surface area contributed by atoms with Gasteiger partial charge in [-0.1, -0.05) is 18.2 Å². The van der Waals surface area contributed by atoms with E-state index in [9.17, 15) is 22.4 Å². The van der Waals surface area contributed by atoms with Crippen molar-refractivity contribution >= 4 is 21.7 Å². The highest BCUT2D eigenvalue weighted by Crippen LogP contribution is 2.20. The Labute approximate surface area is 152 Å². The van der Waals surface area contributed by atoms with Gasteiger partial charge in [-0.25, -0.2) is 12.8 Å². The Balaban J connectivity index is 1.47. The van der Waals surface area contributed by atoms with Crippen molar-refractivity contribution in [1.29, 1.82) is 0 Å². The summed E-state index contributed by atoms with van der Waals surface area (Å²) >= 11 is 0. The maximum absolute atomic E-state index is 13.7. The molecule has 2 amide bonds. The summed E-state index contributed by atoms with van der Waals surface area (Å²) in [6, 6.07) is 5.92. The van der Waals surface area contributed by atoms with E-state index in [1.807, 2.05) is 0 Å². The monoisotopic (exact) mass is 382 g/mol. The number of halogens is 1. The van der Waals surface area contributed by atoms with Crippen molar-refractivity contribution in [1.82, 2.24) is 10.2 Å². The van der Waals surface area contributed by atoms with Crippen LogP contribution in [0.25, 0.3) is 0 Å². The highest BCUT2D eigenvalue weighted by molar-refractivity contribution is 7.91. The molecule has 2 aliphatic heterocycles. The molecule has 8 heteroatoms. The van der Waals surface area contributed by atoms with Crippen LogP contribution in [0.15, 0.2) is 24.3 Å². The van der Waals surface area contributed by atoms with E-state index in [4.69, 9.17) is 0 Å². The molecule has 0 aliphatic carbocycles. The van der Waals surface area contributed by atoms with Crippen LogP contribution in [0, 0.1) is 11.7 Å².